The van der Waals surface area contributed by atoms with Crippen LogP contribution in [-0.4, -0.2) is 15.0 Å². The highest BCUT2D eigenvalue weighted by Crippen LogP contribution is 2.33. The Bertz CT molecular complexity index is 1390. The number of nitrogens with one attached hydrogen (secondary N) is 1. The maximum Gasteiger partial charge on any atom is 0.418 e. The predicted octanol–water partition coefficient (Wildman–Crippen LogP) is 6.27. The minimum absolute atomic E-state index is 0.127. The number of rotatable bonds is 4. The molecule has 0 aliphatic heterocycles. The fraction of sp³-hybridized carbons (Fsp3) is 0.130. The normalized spacial score (nSPS) is 11.9. The Kier molecular flexibility index (Phi) is 5.83. The van der Waals surface area contributed by atoms with E-state index in [1.54, 1.807) is 30.3 Å². The van der Waals surface area contributed by atoms with Crippen molar-refractivity contribution in [2.45, 2.75) is 18.8 Å². The van der Waals surface area contributed by atoms with E-state index in [9.17, 15) is 26.3 Å². The van der Waals surface area contributed by atoms with Gasteiger partial charge in [-0.15, -0.1) is 0 Å². The molecule has 0 atom stereocenters. The number of aromatic nitrogens is 3. The number of nitrogens with zero attached hydrogens (tertiary/aromatic N) is 4. The molecule has 5 nitrogen and oxygen atoms in total. The Morgan fingerprint density at radius 2 is 1.68 bits per heavy atom. The third-order valence-electron chi connectivity index (χ3n) is 4.93. The topological polar surface area (TPSA) is 74.5 Å². The fourth-order valence-electron chi connectivity index (χ4n) is 3.34. The lowest BCUT2D eigenvalue weighted by atomic mass is 10.0. The molecule has 1 aromatic carbocycles. The molecule has 0 radical (unpaired) electrons. The third kappa shape index (κ3) is 4.91. The first-order chi connectivity index (χ1) is 16.0. The van der Waals surface area contributed by atoms with Gasteiger partial charge >= 0.3 is 12.4 Å². The van der Waals surface area contributed by atoms with Gasteiger partial charge < -0.3 is 5.32 Å². The van der Waals surface area contributed by atoms with Crippen LogP contribution in [0.1, 0.15) is 28.1 Å². The number of alkyl halides is 6. The number of halogens is 6. The second kappa shape index (κ2) is 8.62. The summed E-state index contributed by atoms with van der Waals surface area (Å²) in [7, 11) is 0. The van der Waals surface area contributed by atoms with Gasteiger partial charge in [0.2, 0.25) is 0 Å². The van der Waals surface area contributed by atoms with Crippen LogP contribution in [0.4, 0.5) is 37.8 Å². The number of benzene rings is 1. The molecule has 3 aromatic heterocycles. The first kappa shape index (κ1) is 23.0. The summed E-state index contributed by atoms with van der Waals surface area (Å²) in [6, 6.07) is 12.1. The van der Waals surface area contributed by atoms with Gasteiger partial charge in [-0.05, 0) is 42.0 Å². The highest BCUT2D eigenvalue weighted by atomic mass is 19.4. The predicted molar refractivity (Wildman–Crippen MR) is 111 cm³/mol. The summed E-state index contributed by atoms with van der Waals surface area (Å²) in [5, 5.41) is 12.5. The number of fused-ring (bicyclic) bond motifs is 1. The standard InChI is InChI=1S/C23H13F6N5/c24-22(25,26)14-2-6-21(32-12-14)34-18-7-8-31-19-9-13(1-4-16(18)19)10-20-17(23(27,28)29)5-3-15(11-30)33-20/h1-9,12H,10H2,(H,31,32,34). The average Bonchev–Trinajstić information content (AvgIpc) is 2.78. The molecular formula is C23H13F6N5. The molecule has 4 aromatic rings. The Labute approximate surface area is 188 Å². The summed E-state index contributed by atoms with van der Waals surface area (Å²) >= 11 is 0. The Morgan fingerprint density at radius 3 is 2.32 bits per heavy atom. The molecule has 34 heavy (non-hydrogen) atoms. The van der Waals surface area contributed by atoms with Crippen molar-refractivity contribution in [3.8, 4) is 6.07 Å². The largest absolute Gasteiger partial charge is 0.418 e. The van der Waals surface area contributed by atoms with Crippen molar-refractivity contribution in [3.63, 3.8) is 0 Å². The maximum atomic E-state index is 13.4. The van der Waals surface area contributed by atoms with E-state index >= 15 is 0 Å². The van der Waals surface area contributed by atoms with E-state index in [4.69, 9.17) is 5.26 Å². The minimum Gasteiger partial charge on any atom is -0.340 e. The fourth-order valence-corrected chi connectivity index (χ4v) is 3.34. The Balaban J connectivity index is 1.64. The lowest BCUT2D eigenvalue weighted by molar-refractivity contribution is -0.139. The lowest BCUT2D eigenvalue weighted by Crippen LogP contribution is -2.12. The molecule has 0 saturated carbocycles. The number of hydrogen-bond donors (Lipinski definition) is 1. The molecule has 0 spiro atoms. The highest BCUT2D eigenvalue weighted by molar-refractivity contribution is 5.92. The molecule has 0 aliphatic carbocycles. The lowest BCUT2D eigenvalue weighted by Gasteiger charge is -2.13. The summed E-state index contributed by atoms with van der Waals surface area (Å²) in [5.74, 6) is 0.178. The van der Waals surface area contributed by atoms with Gasteiger partial charge in [-0.3, -0.25) is 4.98 Å². The van der Waals surface area contributed by atoms with Gasteiger partial charge in [-0.25, -0.2) is 9.97 Å². The van der Waals surface area contributed by atoms with Crippen LogP contribution in [0.5, 0.6) is 0 Å². The zero-order valence-electron chi connectivity index (χ0n) is 17.0. The van der Waals surface area contributed by atoms with E-state index in [2.05, 4.69) is 20.3 Å². The second-order valence-corrected chi connectivity index (χ2v) is 7.24. The van der Waals surface area contributed by atoms with Gasteiger partial charge in [-0.1, -0.05) is 12.1 Å². The van der Waals surface area contributed by atoms with Gasteiger partial charge in [0.1, 0.15) is 17.6 Å². The average molecular weight is 473 g/mol. The zero-order chi connectivity index (χ0) is 24.5. The third-order valence-corrected chi connectivity index (χ3v) is 4.93. The van der Waals surface area contributed by atoms with Crippen molar-refractivity contribution < 1.29 is 26.3 Å². The summed E-state index contributed by atoms with van der Waals surface area (Å²) in [6.07, 6.45) is -7.14. The summed E-state index contributed by atoms with van der Waals surface area (Å²) in [5.41, 5.74) is -0.786. The van der Waals surface area contributed by atoms with E-state index in [1.165, 1.54) is 12.3 Å². The molecule has 172 valence electrons. The molecule has 0 aliphatic rings. The Hall–Kier alpha value is -4.20. The first-order valence-corrected chi connectivity index (χ1v) is 9.70. The molecule has 1 N–H and O–H groups in total. The molecule has 0 amide bonds. The molecule has 0 saturated heterocycles. The van der Waals surface area contributed by atoms with E-state index in [0.29, 0.717) is 28.4 Å². The summed E-state index contributed by atoms with van der Waals surface area (Å²) < 4.78 is 78.3. The number of hydrogen-bond acceptors (Lipinski definition) is 5. The van der Waals surface area contributed by atoms with Crippen molar-refractivity contribution >= 4 is 22.4 Å². The van der Waals surface area contributed by atoms with Crippen molar-refractivity contribution in [2.24, 2.45) is 0 Å². The van der Waals surface area contributed by atoms with Crippen molar-refractivity contribution in [1.29, 1.82) is 5.26 Å². The number of pyridine rings is 3. The quantitative estimate of drug-likeness (QED) is 0.354. The number of anilines is 2. The van der Waals surface area contributed by atoms with E-state index in [0.717, 1.165) is 18.2 Å². The maximum absolute atomic E-state index is 13.4. The van der Waals surface area contributed by atoms with Crippen LogP contribution < -0.4 is 5.32 Å². The van der Waals surface area contributed by atoms with Gasteiger partial charge in [-0.2, -0.15) is 31.6 Å². The molecular weight excluding hydrogens is 460 g/mol. The van der Waals surface area contributed by atoms with E-state index < -0.39 is 23.5 Å². The van der Waals surface area contributed by atoms with Crippen molar-refractivity contribution in [1.82, 2.24) is 15.0 Å². The molecule has 3 heterocycles. The molecule has 11 heteroatoms. The van der Waals surface area contributed by atoms with Crippen LogP contribution in [-0.2, 0) is 18.8 Å². The second-order valence-electron chi connectivity index (χ2n) is 7.24. The van der Waals surface area contributed by atoms with Crippen LogP contribution in [0, 0.1) is 11.3 Å². The molecule has 0 bridgehead atoms. The van der Waals surface area contributed by atoms with E-state index in [1.807, 2.05) is 0 Å². The smallest absolute Gasteiger partial charge is 0.340 e. The van der Waals surface area contributed by atoms with Gasteiger partial charge in [0.15, 0.2) is 0 Å². The first-order valence-electron chi connectivity index (χ1n) is 9.70. The monoisotopic (exact) mass is 473 g/mol. The number of nitriles is 1. The highest BCUT2D eigenvalue weighted by Gasteiger charge is 2.34. The van der Waals surface area contributed by atoms with Crippen molar-refractivity contribution in [2.75, 3.05) is 5.32 Å². The minimum atomic E-state index is -4.63. The molecule has 4 rings (SSSR count). The molecule has 0 fully saturated rings. The SMILES string of the molecule is N#Cc1ccc(C(F)(F)F)c(Cc2ccc3c(Nc4ccc(C(F)(F)F)cn4)ccnc3c2)n1. The van der Waals surface area contributed by atoms with E-state index in [-0.39, 0.29) is 23.6 Å². The molecule has 0 unspecified atom stereocenters. The van der Waals surface area contributed by atoms with Gasteiger partial charge in [0, 0.05) is 24.2 Å². The summed E-state index contributed by atoms with van der Waals surface area (Å²) in [6.45, 7) is 0. The van der Waals surface area contributed by atoms with Crippen LogP contribution in [0.25, 0.3) is 10.9 Å². The Morgan fingerprint density at radius 1 is 0.882 bits per heavy atom. The van der Waals surface area contributed by atoms with Crippen molar-refractivity contribution in [3.05, 3.63) is 89.0 Å². The van der Waals surface area contributed by atoms with Gasteiger partial charge in [0.25, 0.3) is 0 Å². The van der Waals surface area contributed by atoms with Crippen LogP contribution in [0.3, 0.4) is 0 Å². The van der Waals surface area contributed by atoms with Crippen LogP contribution >= 0.6 is 0 Å². The zero-order valence-corrected chi connectivity index (χ0v) is 17.0. The van der Waals surface area contributed by atoms with Crippen LogP contribution in [0.2, 0.25) is 0 Å². The summed E-state index contributed by atoms with van der Waals surface area (Å²) in [4.78, 5) is 11.8. The van der Waals surface area contributed by atoms with Gasteiger partial charge in [0.05, 0.1) is 28.0 Å². The van der Waals surface area contributed by atoms with Crippen LogP contribution in [0.15, 0.2) is 60.9 Å².